The van der Waals surface area contributed by atoms with Gasteiger partial charge in [0, 0.05) is 12.5 Å². The van der Waals surface area contributed by atoms with Crippen LogP contribution in [-0.4, -0.2) is 16.0 Å². The van der Waals surface area contributed by atoms with Crippen molar-refractivity contribution in [3.8, 4) is 0 Å². The molecule has 0 saturated carbocycles. The van der Waals surface area contributed by atoms with Gasteiger partial charge in [-0.25, -0.2) is 9.97 Å². The van der Waals surface area contributed by atoms with Crippen LogP contribution in [0.2, 0.25) is 0 Å². The minimum atomic E-state index is 0.152. The fourth-order valence-electron chi connectivity index (χ4n) is 2.13. The smallest absolute Gasteiger partial charge is 0.169 e. The lowest BCUT2D eigenvalue weighted by Gasteiger charge is -2.14. The molecule has 1 unspecified atom stereocenters. The van der Waals surface area contributed by atoms with Gasteiger partial charge in [0.1, 0.15) is 5.76 Å². The third-order valence-corrected chi connectivity index (χ3v) is 3.07. The number of anilines is 2. The van der Waals surface area contributed by atoms with Gasteiger partial charge in [-0.2, -0.15) is 0 Å². The molecular weight excluding hydrogens is 252 g/mol. The van der Waals surface area contributed by atoms with Crippen LogP contribution in [0.25, 0.3) is 11.0 Å². The van der Waals surface area contributed by atoms with E-state index >= 15 is 0 Å². The first-order chi connectivity index (χ1) is 9.72. The van der Waals surface area contributed by atoms with Crippen molar-refractivity contribution < 1.29 is 4.42 Å². The van der Waals surface area contributed by atoms with E-state index in [0.29, 0.717) is 11.6 Å². The third kappa shape index (κ3) is 2.56. The minimum Gasteiger partial charge on any atom is -0.469 e. The predicted molar refractivity (Wildman–Crippen MR) is 79.4 cm³/mol. The maximum absolute atomic E-state index is 5.95. The zero-order chi connectivity index (χ0) is 13.9. The molecule has 20 heavy (non-hydrogen) atoms. The van der Waals surface area contributed by atoms with Crippen molar-refractivity contribution in [3.63, 3.8) is 0 Å². The number of furan rings is 1. The molecule has 0 spiro atoms. The van der Waals surface area contributed by atoms with E-state index in [1.807, 2.05) is 36.4 Å². The molecule has 3 aromatic rings. The van der Waals surface area contributed by atoms with Gasteiger partial charge in [-0.05, 0) is 31.2 Å². The molecule has 2 heterocycles. The second-order valence-corrected chi connectivity index (χ2v) is 4.78. The molecule has 1 atom stereocenters. The molecule has 0 aliphatic carbocycles. The highest BCUT2D eigenvalue weighted by Gasteiger charge is 2.10. The number of para-hydroxylation sites is 2. The number of benzene rings is 1. The predicted octanol–water partition coefficient (Wildman–Crippen LogP) is 2.85. The van der Waals surface area contributed by atoms with Crippen LogP contribution in [0.5, 0.6) is 0 Å². The molecule has 3 N–H and O–H groups in total. The molecule has 0 aliphatic rings. The molecule has 5 nitrogen and oxygen atoms in total. The van der Waals surface area contributed by atoms with Gasteiger partial charge in [-0.1, -0.05) is 12.1 Å². The molecular formula is C15H16N4O. The highest BCUT2D eigenvalue weighted by atomic mass is 16.3. The summed E-state index contributed by atoms with van der Waals surface area (Å²) in [6.45, 7) is 2.05. The van der Waals surface area contributed by atoms with Crippen LogP contribution < -0.4 is 11.1 Å². The Morgan fingerprint density at radius 2 is 1.90 bits per heavy atom. The van der Waals surface area contributed by atoms with Crippen LogP contribution in [0.3, 0.4) is 0 Å². The summed E-state index contributed by atoms with van der Waals surface area (Å²) in [6, 6.07) is 11.7. The topological polar surface area (TPSA) is 77.0 Å². The van der Waals surface area contributed by atoms with Crippen LogP contribution in [0.1, 0.15) is 12.7 Å². The van der Waals surface area contributed by atoms with Crippen LogP contribution in [0.15, 0.2) is 47.1 Å². The maximum Gasteiger partial charge on any atom is 0.169 e. The average molecular weight is 268 g/mol. The lowest BCUT2D eigenvalue weighted by Crippen LogP contribution is -2.20. The minimum absolute atomic E-state index is 0.152. The second kappa shape index (κ2) is 5.21. The first-order valence-electron chi connectivity index (χ1n) is 6.53. The molecule has 0 radical (unpaired) electrons. The van der Waals surface area contributed by atoms with Crippen molar-refractivity contribution >= 4 is 22.7 Å². The van der Waals surface area contributed by atoms with Crippen molar-refractivity contribution in [2.24, 2.45) is 0 Å². The van der Waals surface area contributed by atoms with Crippen molar-refractivity contribution in [2.75, 3.05) is 11.1 Å². The van der Waals surface area contributed by atoms with E-state index in [1.165, 1.54) is 0 Å². The van der Waals surface area contributed by atoms with Gasteiger partial charge in [0.25, 0.3) is 0 Å². The third-order valence-electron chi connectivity index (χ3n) is 3.07. The first kappa shape index (κ1) is 12.5. The van der Waals surface area contributed by atoms with Gasteiger partial charge in [0.2, 0.25) is 0 Å². The monoisotopic (exact) mass is 268 g/mol. The summed E-state index contributed by atoms with van der Waals surface area (Å²) in [5.74, 6) is 1.95. The van der Waals surface area contributed by atoms with E-state index in [0.717, 1.165) is 23.2 Å². The van der Waals surface area contributed by atoms with Crippen LogP contribution in [0, 0.1) is 0 Å². The van der Waals surface area contributed by atoms with Crippen LogP contribution in [-0.2, 0) is 6.42 Å². The number of hydrogen-bond acceptors (Lipinski definition) is 5. The summed E-state index contributed by atoms with van der Waals surface area (Å²) >= 11 is 0. The Morgan fingerprint density at radius 3 is 2.60 bits per heavy atom. The van der Waals surface area contributed by atoms with Gasteiger partial charge < -0.3 is 15.5 Å². The van der Waals surface area contributed by atoms with Crippen molar-refractivity contribution in [1.29, 1.82) is 0 Å². The summed E-state index contributed by atoms with van der Waals surface area (Å²) in [4.78, 5) is 8.87. The van der Waals surface area contributed by atoms with E-state index in [9.17, 15) is 0 Å². The summed E-state index contributed by atoms with van der Waals surface area (Å²) in [6.07, 6.45) is 2.44. The standard InChI is InChI=1S/C15H16N4O/c1-10(9-11-5-4-8-20-11)17-15-14(16)18-12-6-2-3-7-13(12)19-15/h2-8,10H,9H2,1H3,(H2,16,18)(H,17,19). The number of nitrogens with one attached hydrogen (secondary N) is 1. The molecule has 0 amide bonds. The SMILES string of the molecule is CC(Cc1ccco1)Nc1nc2ccccc2nc1N. The molecule has 5 heteroatoms. The fraction of sp³-hybridized carbons (Fsp3) is 0.200. The van der Waals surface area contributed by atoms with E-state index in [2.05, 4.69) is 22.2 Å². The Kier molecular flexibility index (Phi) is 3.25. The Bertz CT molecular complexity index is 709. The molecule has 2 aromatic heterocycles. The largest absolute Gasteiger partial charge is 0.469 e. The molecule has 1 aromatic carbocycles. The van der Waals surface area contributed by atoms with E-state index < -0.39 is 0 Å². The quantitative estimate of drug-likeness (QED) is 0.760. The Morgan fingerprint density at radius 1 is 1.15 bits per heavy atom. The Labute approximate surface area is 116 Å². The van der Waals surface area contributed by atoms with Crippen molar-refractivity contribution in [2.45, 2.75) is 19.4 Å². The van der Waals surface area contributed by atoms with E-state index in [4.69, 9.17) is 10.2 Å². The molecule has 102 valence electrons. The number of fused-ring (bicyclic) bond motifs is 1. The molecule has 0 saturated heterocycles. The summed E-state index contributed by atoms with van der Waals surface area (Å²) in [5, 5.41) is 3.28. The highest BCUT2D eigenvalue weighted by molar-refractivity contribution is 5.79. The average Bonchev–Trinajstić information content (AvgIpc) is 2.92. The summed E-state index contributed by atoms with van der Waals surface area (Å²) < 4.78 is 5.34. The number of hydrogen-bond donors (Lipinski definition) is 2. The van der Waals surface area contributed by atoms with Gasteiger partial charge in [0.15, 0.2) is 11.6 Å². The van der Waals surface area contributed by atoms with Gasteiger partial charge in [0.05, 0.1) is 17.3 Å². The van der Waals surface area contributed by atoms with Gasteiger partial charge in [-0.15, -0.1) is 0 Å². The number of nitrogen functional groups attached to an aromatic ring is 1. The van der Waals surface area contributed by atoms with E-state index in [-0.39, 0.29) is 6.04 Å². The first-order valence-corrected chi connectivity index (χ1v) is 6.53. The summed E-state index contributed by atoms with van der Waals surface area (Å²) in [7, 11) is 0. The Hall–Kier alpha value is -2.56. The zero-order valence-corrected chi connectivity index (χ0v) is 11.2. The lowest BCUT2D eigenvalue weighted by atomic mass is 10.2. The second-order valence-electron chi connectivity index (χ2n) is 4.78. The number of nitrogens with zero attached hydrogens (tertiary/aromatic N) is 2. The number of rotatable bonds is 4. The molecule has 0 fully saturated rings. The van der Waals surface area contributed by atoms with Gasteiger partial charge >= 0.3 is 0 Å². The van der Waals surface area contributed by atoms with Gasteiger partial charge in [-0.3, -0.25) is 0 Å². The maximum atomic E-state index is 5.95. The lowest BCUT2D eigenvalue weighted by molar-refractivity contribution is 0.497. The Balaban J connectivity index is 1.81. The van der Waals surface area contributed by atoms with E-state index in [1.54, 1.807) is 6.26 Å². The van der Waals surface area contributed by atoms with Crippen LogP contribution in [0.4, 0.5) is 11.6 Å². The highest BCUT2D eigenvalue weighted by Crippen LogP contribution is 2.19. The molecule has 0 bridgehead atoms. The molecule has 0 aliphatic heterocycles. The number of aromatic nitrogens is 2. The number of nitrogens with two attached hydrogens (primary N) is 1. The summed E-state index contributed by atoms with van der Waals surface area (Å²) in [5.41, 5.74) is 7.58. The van der Waals surface area contributed by atoms with Crippen LogP contribution >= 0.6 is 0 Å². The van der Waals surface area contributed by atoms with Crippen molar-refractivity contribution in [3.05, 3.63) is 48.4 Å². The normalized spacial score (nSPS) is 12.4. The zero-order valence-electron chi connectivity index (χ0n) is 11.2. The fourth-order valence-corrected chi connectivity index (χ4v) is 2.13. The molecule has 3 rings (SSSR count). The van der Waals surface area contributed by atoms with Crippen molar-refractivity contribution in [1.82, 2.24) is 9.97 Å².